The van der Waals surface area contributed by atoms with E-state index in [-0.39, 0.29) is 18.4 Å². The second kappa shape index (κ2) is 9.79. The van der Waals surface area contributed by atoms with Crippen LogP contribution in [0, 0.1) is 12.8 Å². The molecule has 0 aromatic heterocycles. The summed E-state index contributed by atoms with van der Waals surface area (Å²) < 4.78 is 5.79. The Hall–Kier alpha value is -2.82. The van der Waals surface area contributed by atoms with Gasteiger partial charge in [-0.15, -0.1) is 0 Å². The molecule has 1 aliphatic heterocycles. The van der Waals surface area contributed by atoms with Crippen LogP contribution in [0.5, 0.6) is 5.75 Å². The molecule has 1 N–H and O–H groups in total. The second-order valence-electron chi connectivity index (χ2n) is 8.58. The summed E-state index contributed by atoms with van der Waals surface area (Å²) in [4.78, 5) is 26.9. The molecule has 0 radical (unpaired) electrons. The van der Waals surface area contributed by atoms with E-state index in [4.69, 9.17) is 4.74 Å². The first-order valence-corrected chi connectivity index (χ1v) is 10.8. The number of nitrogens with one attached hydrogen (secondary N) is 1. The summed E-state index contributed by atoms with van der Waals surface area (Å²) in [5, 5.41) is 2.84. The lowest BCUT2D eigenvalue weighted by atomic mass is 9.98. The van der Waals surface area contributed by atoms with Gasteiger partial charge >= 0.3 is 0 Å². The third-order valence-electron chi connectivity index (χ3n) is 5.64. The number of aryl methyl sites for hydroxylation is 1. The highest BCUT2D eigenvalue weighted by Gasteiger charge is 2.21. The molecule has 2 amide bonds. The van der Waals surface area contributed by atoms with Gasteiger partial charge in [0, 0.05) is 24.3 Å². The number of amides is 2. The normalized spacial score (nSPS) is 14.6. The average Bonchev–Trinajstić information content (AvgIpc) is 2.72. The van der Waals surface area contributed by atoms with Gasteiger partial charge in [0.25, 0.3) is 11.8 Å². The molecule has 3 rings (SSSR count). The first-order valence-electron chi connectivity index (χ1n) is 10.8. The molecule has 0 aliphatic carbocycles. The maximum Gasteiger partial charge on any atom is 0.262 e. The summed E-state index contributed by atoms with van der Waals surface area (Å²) in [6, 6.07) is 13.1. The Balaban J connectivity index is 1.55. The highest BCUT2D eigenvalue weighted by atomic mass is 16.5. The fraction of sp³-hybridized carbons (Fsp3) is 0.440. The van der Waals surface area contributed by atoms with Crippen molar-refractivity contribution in [1.82, 2.24) is 4.90 Å². The van der Waals surface area contributed by atoms with Crippen LogP contribution < -0.4 is 10.1 Å². The van der Waals surface area contributed by atoms with Gasteiger partial charge in [0.2, 0.25) is 0 Å². The van der Waals surface area contributed by atoms with E-state index in [2.05, 4.69) is 32.2 Å². The Morgan fingerprint density at radius 1 is 1.10 bits per heavy atom. The summed E-state index contributed by atoms with van der Waals surface area (Å²) in [5.41, 5.74) is 3.49. The maximum absolute atomic E-state index is 12.6. The number of ether oxygens (including phenoxy) is 1. The van der Waals surface area contributed by atoms with E-state index >= 15 is 0 Å². The lowest BCUT2D eigenvalue weighted by molar-refractivity contribution is -0.118. The molecule has 0 atom stereocenters. The Morgan fingerprint density at radius 3 is 2.40 bits per heavy atom. The zero-order valence-corrected chi connectivity index (χ0v) is 18.4. The molecule has 1 fully saturated rings. The predicted molar refractivity (Wildman–Crippen MR) is 120 cm³/mol. The van der Waals surface area contributed by atoms with Crippen molar-refractivity contribution >= 4 is 17.5 Å². The summed E-state index contributed by atoms with van der Waals surface area (Å²) in [6.45, 7) is 10.0. The Labute approximate surface area is 179 Å². The predicted octanol–water partition coefficient (Wildman–Crippen LogP) is 5.01. The fourth-order valence-corrected chi connectivity index (χ4v) is 3.67. The lowest BCUT2D eigenvalue weighted by Gasteiger charge is -2.30. The van der Waals surface area contributed by atoms with Gasteiger partial charge in [0.05, 0.1) is 0 Å². The zero-order chi connectivity index (χ0) is 21.7. The van der Waals surface area contributed by atoms with Gasteiger partial charge in [-0.25, -0.2) is 0 Å². The van der Waals surface area contributed by atoms with E-state index in [1.807, 2.05) is 24.0 Å². The van der Waals surface area contributed by atoms with Gasteiger partial charge in [-0.05, 0) is 73.1 Å². The smallest absolute Gasteiger partial charge is 0.262 e. The van der Waals surface area contributed by atoms with Crippen molar-refractivity contribution < 1.29 is 14.3 Å². The summed E-state index contributed by atoms with van der Waals surface area (Å²) in [5.74, 6) is 1.58. The van der Waals surface area contributed by atoms with E-state index in [0.717, 1.165) is 42.8 Å². The second-order valence-corrected chi connectivity index (χ2v) is 8.58. The summed E-state index contributed by atoms with van der Waals surface area (Å²) in [6.07, 6.45) is 2.11. The number of likely N-dealkylation sites (tertiary alicyclic amines) is 1. The molecule has 0 unspecified atom stereocenters. The number of hydrogen-bond donors (Lipinski definition) is 1. The average molecular weight is 409 g/mol. The molecule has 0 bridgehead atoms. The zero-order valence-electron chi connectivity index (χ0n) is 18.4. The molecule has 5 nitrogen and oxygen atoms in total. The van der Waals surface area contributed by atoms with Crippen LogP contribution in [0.25, 0.3) is 0 Å². The fourth-order valence-electron chi connectivity index (χ4n) is 3.67. The SMILES string of the molecule is Cc1ccc(C(C)C)c(OCC(=O)Nc2ccc(C(=O)N3CCC(C)CC3)cc2)c1. The van der Waals surface area contributed by atoms with Gasteiger partial charge < -0.3 is 15.0 Å². The Morgan fingerprint density at radius 2 is 1.77 bits per heavy atom. The highest BCUT2D eigenvalue weighted by Crippen LogP contribution is 2.27. The van der Waals surface area contributed by atoms with Crippen LogP contribution in [-0.4, -0.2) is 36.4 Å². The van der Waals surface area contributed by atoms with Gasteiger partial charge in [0.1, 0.15) is 5.75 Å². The van der Waals surface area contributed by atoms with E-state index in [9.17, 15) is 9.59 Å². The molecule has 160 valence electrons. The summed E-state index contributed by atoms with van der Waals surface area (Å²) in [7, 11) is 0. The Bertz CT molecular complexity index is 882. The van der Waals surface area contributed by atoms with Crippen molar-refractivity contribution in [3.63, 3.8) is 0 Å². The van der Waals surface area contributed by atoms with E-state index in [1.54, 1.807) is 24.3 Å². The number of rotatable bonds is 6. The van der Waals surface area contributed by atoms with Crippen LogP contribution in [0.2, 0.25) is 0 Å². The monoisotopic (exact) mass is 408 g/mol. The van der Waals surface area contributed by atoms with Gasteiger partial charge in [-0.3, -0.25) is 9.59 Å². The van der Waals surface area contributed by atoms with E-state index < -0.39 is 0 Å². The molecule has 0 spiro atoms. The molecule has 1 heterocycles. The van der Waals surface area contributed by atoms with Crippen molar-refractivity contribution in [2.24, 2.45) is 5.92 Å². The van der Waals surface area contributed by atoms with Crippen molar-refractivity contribution in [3.05, 3.63) is 59.2 Å². The number of nitrogens with zero attached hydrogens (tertiary/aromatic N) is 1. The number of piperidine rings is 1. The molecule has 0 saturated carbocycles. The Kier molecular flexibility index (Phi) is 7.14. The number of anilines is 1. The molecule has 30 heavy (non-hydrogen) atoms. The van der Waals surface area contributed by atoms with E-state index in [1.165, 1.54) is 0 Å². The van der Waals surface area contributed by atoms with Crippen LogP contribution in [-0.2, 0) is 4.79 Å². The van der Waals surface area contributed by atoms with Gasteiger partial charge in [-0.2, -0.15) is 0 Å². The van der Waals surface area contributed by atoms with Crippen LogP contribution in [0.15, 0.2) is 42.5 Å². The minimum Gasteiger partial charge on any atom is -0.483 e. The molecule has 1 aliphatic rings. The number of benzene rings is 2. The quantitative estimate of drug-likeness (QED) is 0.731. The minimum atomic E-state index is -0.227. The number of hydrogen-bond acceptors (Lipinski definition) is 3. The molecule has 2 aromatic rings. The highest BCUT2D eigenvalue weighted by molar-refractivity contribution is 5.96. The lowest BCUT2D eigenvalue weighted by Crippen LogP contribution is -2.37. The van der Waals surface area contributed by atoms with Crippen LogP contribution in [0.1, 0.15) is 61.0 Å². The topological polar surface area (TPSA) is 58.6 Å². The third kappa shape index (κ3) is 5.62. The largest absolute Gasteiger partial charge is 0.483 e. The van der Waals surface area contributed by atoms with Crippen LogP contribution in [0.4, 0.5) is 5.69 Å². The molecule has 2 aromatic carbocycles. The van der Waals surface area contributed by atoms with Crippen molar-refractivity contribution in [2.45, 2.75) is 46.5 Å². The molecular formula is C25H32N2O3. The number of carbonyl (C=O) groups excluding carboxylic acids is 2. The summed E-state index contributed by atoms with van der Waals surface area (Å²) >= 11 is 0. The van der Waals surface area contributed by atoms with Gasteiger partial charge in [-0.1, -0.05) is 32.9 Å². The standard InChI is InChI=1S/C25H32N2O3/c1-17(2)22-10-5-19(4)15-23(22)30-16-24(28)26-21-8-6-20(7-9-21)25(29)27-13-11-18(3)12-14-27/h5-10,15,17-18H,11-14,16H2,1-4H3,(H,26,28). The van der Waals surface area contributed by atoms with Crippen molar-refractivity contribution in [3.8, 4) is 5.75 Å². The van der Waals surface area contributed by atoms with E-state index in [0.29, 0.717) is 23.1 Å². The first-order chi connectivity index (χ1) is 14.3. The van der Waals surface area contributed by atoms with Gasteiger partial charge in [0.15, 0.2) is 6.61 Å². The molecule has 1 saturated heterocycles. The third-order valence-corrected chi connectivity index (χ3v) is 5.64. The van der Waals surface area contributed by atoms with Crippen molar-refractivity contribution in [1.29, 1.82) is 0 Å². The molecule has 5 heteroatoms. The minimum absolute atomic E-state index is 0.0590. The first kappa shape index (κ1) is 21.9. The maximum atomic E-state index is 12.6. The number of carbonyl (C=O) groups is 2. The van der Waals surface area contributed by atoms with Crippen molar-refractivity contribution in [2.75, 3.05) is 25.0 Å². The van der Waals surface area contributed by atoms with Crippen LogP contribution in [0.3, 0.4) is 0 Å². The van der Waals surface area contributed by atoms with Crippen LogP contribution >= 0.6 is 0 Å². The molecular weight excluding hydrogens is 376 g/mol.